The van der Waals surface area contributed by atoms with Crippen molar-refractivity contribution in [1.82, 2.24) is 19.9 Å². The number of alkyl halides is 2. The number of hydrogen-bond donors (Lipinski definition) is 2. The molecule has 2 aromatic rings. The van der Waals surface area contributed by atoms with Crippen LogP contribution in [0, 0.1) is 0 Å². The second-order valence-electron chi connectivity index (χ2n) is 5.94. The number of carbonyl (C=O) groups excluding carboxylic acids is 2. The van der Waals surface area contributed by atoms with Gasteiger partial charge in [0.15, 0.2) is 0 Å². The summed E-state index contributed by atoms with van der Waals surface area (Å²) in [7, 11) is -3.92. The molecule has 1 fully saturated rings. The molecule has 3 rings (SSSR count). The lowest BCUT2D eigenvalue weighted by Gasteiger charge is -2.10. The molecule has 0 atom stereocenters. The smallest absolute Gasteiger partial charge is 0.324 e. The van der Waals surface area contributed by atoms with Crippen LogP contribution >= 0.6 is 11.3 Å². The predicted molar refractivity (Wildman–Crippen MR) is 98.0 cm³/mol. The van der Waals surface area contributed by atoms with Crippen LogP contribution in [0.5, 0.6) is 5.75 Å². The number of benzene rings is 1. The maximum absolute atomic E-state index is 12.4. The Hall–Kier alpha value is -2.64. The molecule has 1 aliphatic heterocycles. The minimum Gasteiger partial charge on any atom is -0.488 e. The maximum atomic E-state index is 12.4. The first-order valence-electron chi connectivity index (χ1n) is 8.25. The van der Waals surface area contributed by atoms with Crippen molar-refractivity contribution in [2.75, 3.05) is 13.2 Å². The summed E-state index contributed by atoms with van der Waals surface area (Å²) in [4.78, 5) is 28.1. The fourth-order valence-corrected chi connectivity index (χ4v) is 4.28. The molecule has 9 nitrogen and oxygen atoms in total. The molecule has 0 bridgehead atoms. The highest BCUT2D eigenvalue weighted by Crippen LogP contribution is 2.19. The topological polar surface area (TPSA) is 118 Å². The number of aromatic nitrogens is 1. The van der Waals surface area contributed by atoms with Gasteiger partial charge >= 0.3 is 6.03 Å². The summed E-state index contributed by atoms with van der Waals surface area (Å²) in [6, 6.07) is 4.74. The average molecular weight is 446 g/mol. The van der Waals surface area contributed by atoms with E-state index in [1.165, 1.54) is 34.4 Å². The monoisotopic (exact) mass is 446 g/mol. The van der Waals surface area contributed by atoms with Crippen LogP contribution < -0.4 is 14.8 Å². The first kappa shape index (κ1) is 21.1. The number of nitrogens with zero attached hydrogens (tertiary/aromatic N) is 2. The van der Waals surface area contributed by atoms with E-state index < -0.39 is 35.0 Å². The average Bonchev–Trinajstić information content (AvgIpc) is 3.24. The molecule has 156 valence electrons. The molecule has 1 saturated heterocycles. The normalized spacial score (nSPS) is 14.5. The third-order valence-electron chi connectivity index (χ3n) is 3.73. The number of thiazole rings is 1. The minimum absolute atomic E-state index is 0.0168. The van der Waals surface area contributed by atoms with Crippen LogP contribution in [0.15, 0.2) is 34.5 Å². The third kappa shape index (κ3) is 5.68. The van der Waals surface area contributed by atoms with Crippen molar-refractivity contribution in [2.24, 2.45) is 0 Å². The Kier molecular flexibility index (Phi) is 6.39. The lowest BCUT2D eigenvalue weighted by molar-refractivity contribution is -0.118. The van der Waals surface area contributed by atoms with Gasteiger partial charge in [0.05, 0.1) is 23.7 Å². The van der Waals surface area contributed by atoms with Crippen molar-refractivity contribution in [1.29, 1.82) is 0 Å². The molecule has 1 aliphatic rings. The largest absolute Gasteiger partial charge is 0.488 e. The molecule has 13 heteroatoms. The summed E-state index contributed by atoms with van der Waals surface area (Å²) >= 11 is 1.20. The van der Waals surface area contributed by atoms with E-state index in [4.69, 9.17) is 4.74 Å². The molecule has 2 N–H and O–H groups in total. The van der Waals surface area contributed by atoms with E-state index in [0.29, 0.717) is 10.7 Å². The summed E-state index contributed by atoms with van der Waals surface area (Å²) in [5.74, 6) is -0.374. The van der Waals surface area contributed by atoms with E-state index in [-0.39, 0.29) is 30.3 Å². The molecule has 3 amide bonds. The number of imide groups is 1. The Labute approximate surface area is 168 Å². The number of rotatable bonds is 9. The van der Waals surface area contributed by atoms with Crippen LogP contribution in [0.3, 0.4) is 0 Å². The first-order valence-corrected chi connectivity index (χ1v) is 10.6. The quantitative estimate of drug-likeness (QED) is 0.561. The third-order valence-corrected chi connectivity index (χ3v) is 6.02. The molecule has 29 heavy (non-hydrogen) atoms. The summed E-state index contributed by atoms with van der Waals surface area (Å²) < 4.78 is 56.5. The minimum atomic E-state index is -3.92. The zero-order valence-electron chi connectivity index (χ0n) is 14.8. The van der Waals surface area contributed by atoms with Gasteiger partial charge in [-0.1, -0.05) is 6.07 Å². The van der Waals surface area contributed by atoms with Crippen molar-refractivity contribution < 1.29 is 31.5 Å². The number of halogens is 2. The molecular weight excluding hydrogens is 430 g/mol. The first-order chi connectivity index (χ1) is 13.7. The highest BCUT2D eigenvalue weighted by atomic mass is 32.2. The fraction of sp³-hybridized carbons (Fsp3) is 0.312. The SMILES string of the molecule is O=C1CN(Cc2csc(CNS(=O)(=O)c3cccc(OCC(F)F)c3)n2)C(=O)N1. The Bertz CT molecular complexity index is 1010. The molecule has 1 aromatic carbocycles. The summed E-state index contributed by atoms with van der Waals surface area (Å²) in [5, 5.41) is 4.28. The maximum Gasteiger partial charge on any atom is 0.324 e. The van der Waals surface area contributed by atoms with Gasteiger partial charge in [0.25, 0.3) is 6.43 Å². The predicted octanol–water partition coefficient (Wildman–Crippen LogP) is 1.32. The van der Waals surface area contributed by atoms with Gasteiger partial charge in [0.1, 0.15) is 23.9 Å². The Morgan fingerprint density at radius 3 is 2.83 bits per heavy atom. The van der Waals surface area contributed by atoms with Gasteiger partial charge in [-0.15, -0.1) is 11.3 Å². The van der Waals surface area contributed by atoms with E-state index in [9.17, 15) is 26.8 Å². The van der Waals surface area contributed by atoms with E-state index in [0.717, 1.165) is 6.07 Å². The lowest BCUT2D eigenvalue weighted by Crippen LogP contribution is -2.28. The number of urea groups is 1. The highest BCUT2D eigenvalue weighted by Gasteiger charge is 2.27. The van der Waals surface area contributed by atoms with Crippen molar-refractivity contribution in [3.8, 4) is 5.75 Å². The Morgan fingerprint density at radius 2 is 2.14 bits per heavy atom. The summed E-state index contributed by atoms with van der Waals surface area (Å²) in [6.45, 7) is -0.855. The second-order valence-corrected chi connectivity index (χ2v) is 8.65. The Balaban J connectivity index is 1.59. The van der Waals surface area contributed by atoms with Gasteiger partial charge in [-0.3, -0.25) is 10.1 Å². The molecule has 0 radical (unpaired) electrons. The van der Waals surface area contributed by atoms with Gasteiger partial charge in [0, 0.05) is 11.4 Å². The standard InChI is InChI=1S/C16H16F2N4O5S2/c17-13(18)8-27-11-2-1-3-12(4-11)29(25,26)19-5-15-20-10(9-28-15)6-22-7-14(23)21-16(22)24/h1-4,9,13,19H,5-8H2,(H,21,23,24). The number of hydrogen-bond acceptors (Lipinski definition) is 7. The number of sulfonamides is 1. The van der Waals surface area contributed by atoms with Crippen LogP contribution in [0.1, 0.15) is 10.7 Å². The van der Waals surface area contributed by atoms with Gasteiger partial charge < -0.3 is 9.64 Å². The van der Waals surface area contributed by atoms with Crippen LogP contribution in [0.25, 0.3) is 0 Å². The van der Waals surface area contributed by atoms with Crippen molar-refractivity contribution >= 4 is 33.3 Å². The van der Waals surface area contributed by atoms with E-state index in [2.05, 4.69) is 15.0 Å². The number of carbonyl (C=O) groups is 2. The molecule has 2 heterocycles. The van der Waals surface area contributed by atoms with Crippen LogP contribution in [-0.4, -0.2) is 49.8 Å². The van der Waals surface area contributed by atoms with Crippen LogP contribution in [0.2, 0.25) is 0 Å². The Morgan fingerprint density at radius 1 is 1.34 bits per heavy atom. The molecule has 0 saturated carbocycles. The number of nitrogens with one attached hydrogen (secondary N) is 2. The molecule has 0 aliphatic carbocycles. The second kappa shape index (κ2) is 8.80. The number of ether oxygens (including phenoxy) is 1. The molecule has 0 unspecified atom stereocenters. The molecular formula is C16H16F2N4O5S2. The van der Waals surface area contributed by atoms with Gasteiger partial charge in [-0.25, -0.2) is 31.7 Å². The van der Waals surface area contributed by atoms with Crippen molar-refractivity contribution in [2.45, 2.75) is 24.4 Å². The molecule has 0 spiro atoms. The van der Waals surface area contributed by atoms with Crippen LogP contribution in [0.4, 0.5) is 13.6 Å². The molecule has 1 aromatic heterocycles. The van der Waals surface area contributed by atoms with E-state index >= 15 is 0 Å². The van der Waals surface area contributed by atoms with Gasteiger partial charge in [-0.2, -0.15) is 0 Å². The summed E-state index contributed by atoms with van der Waals surface area (Å²) in [6.07, 6.45) is -2.67. The summed E-state index contributed by atoms with van der Waals surface area (Å²) in [5.41, 5.74) is 0.524. The number of amides is 3. The fourth-order valence-electron chi connectivity index (χ4n) is 2.44. The van der Waals surface area contributed by atoms with Crippen molar-refractivity contribution in [3.05, 3.63) is 40.3 Å². The van der Waals surface area contributed by atoms with E-state index in [1.807, 2.05) is 0 Å². The highest BCUT2D eigenvalue weighted by molar-refractivity contribution is 7.89. The van der Waals surface area contributed by atoms with E-state index in [1.54, 1.807) is 5.38 Å². The van der Waals surface area contributed by atoms with Gasteiger partial charge in [-0.05, 0) is 12.1 Å². The zero-order chi connectivity index (χ0) is 21.0. The zero-order valence-corrected chi connectivity index (χ0v) is 16.4. The van der Waals surface area contributed by atoms with Crippen LogP contribution in [-0.2, 0) is 27.9 Å². The van der Waals surface area contributed by atoms with Crippen molar-refractivity contribution in [3.63, 3.8) is 0 Å². The van der Waals surface area contributed by atoms with Gasteiger partial charge in [0.2, 0.25) is 15.9 Å². The lowest BCUT2D eigenvalue weighted by atomic mass is 10.3.